The predicted molar refractivity (Wildman–Crippen MR) is 99.6 cm³/mol. The van der Waals surface area contributed by atoms with E-state index in [0.717, 1.165) is 39.2 Å². The number of anilines is 1. The molecule has 0 unspecified atom stereocenters. The quantitative estimate of drug-likeness (QED) is 0.524. The van der Waals surface area contributed by atoms with Crippen molar-refractivity contribution in [3.63, 3.8) is 0 Å². The van der Waals surface area contributed by atoms with E-state index in [1.165, 1.54) is 0 Å². The first-order valence-corrected chi connectivity index (χ1v) is 8.28. The van der Waals surface area contributed by atoms with Crippen LogP contribution in [0.25, 0.3) is 27.8 Å². The molecule has 26 heavy (non-hydrogen) atoms. The standard InChI is InChI=1S/C19H15N7/c1-3-13(10-20-5-1)11-23-17-9-15(14-4-7-21-18(14)25-17)16-12-24-26-8-2-6-22-19(16)26/h1-10,12H,11H2,(H2,21,23,25). The Balaban J connectivity index is 1.59. The molecule has 0 saturated carbocycles. The molecule has 5 aromatic rings. The zero-order valence-electron chi connectivity index (χ0n) is 13.8. The molecule has 5 rings (SSSR count). The highest BCUT2D eigenvalue weighted by molar-refractivity contribution is 5.98. The molecule has 0 aromatic carbocycles. The maximum absolute atomic E-state index is 4.67. The number of hydrogen-bond donors (Lipinski definition) is 2. The number of H-pyrrole nitrogens is 1. The summed E-state index contributed by atoms with van der Waals surface area (Å²) in [5.41, 5.74) is 4.76. The van der Waals surface area contributed by atoms with Crippen molar-refractivity contribution in [2.45, 2.75) is 6.54 Å². The lowest BCUT2D eigenvalue weighted by Crippen LogP contribution is -2.02. The van der Waals surface area contributed by atoms with Crippen LogP contribution in [0.5, 0.6) is 0 Å². The van der Waals surface area contributed by atoms with Crippen molar-refractivity contribution in [3.8, 4) is 11.1 Å². The minimum atomic E-state index is 0.652. The van der Waals surface area contributed by atoms with Gasteiger partial charge in [0, 0.05) is 54.0 Å². The highest BCUT2D eigenvalue weighted by atomic mass is 15.2. The number of pyridine rings is 2. The normalized spacial score (nSPS) is 11.2. The Morgan fingerprint density at radius 1 is 1.08 bits per heavy atom. The average Bonchev–Trinajstić information content (AvgIpc) is 3.33. The SMILES string of the molecule is c1cncc(CNc2cc(-c3cnn4cccnc34)c3cc[nH]c3n2)c1. The van der Waals surface area contributed by atoms with Gasteiger partial charge in [-0.3, -0.25) is 4.98 Å². The monoisotopic (exact) mass is 341 g/mol. The van der Waals surface area contributed by atoms with Crippen LogP contribution >= 0.6 is 0 Å². The summed E-state index contributed by atoms with van der Waals surface area (Å²) in [6.07, 6.45) is 11.0. The second-order valence-electron chi connectivity index (χ2n) is 5.96. The van der Waals surface area contributed by atoms with Crippen LogP contribution in [0.1, 0.15) is 5.56 Å². The maximum atomic E-state index is 4.67. The second-order valence-corrected chi connectivity index (χ2v) is 5.96. The first-order valence-electron chi connectivity index (χ1n) is 8.28. The molecule has 5 aromatic heterocycles. The highest BCUT2D eigenvalue weighted by Gasteiger charge is 2.14. The molecule has 5 heterocycles. The minimum Gasteiger partial charge on any atom is -0.366 e. The van der Waals surface area contributed by atoms with Gasteiger partial charge in [-0.05, 0) is 29.8 Å². The lowest BCUT2D eigenvalue weighted by atomic mass is 10.1. The number of rotatable bonds is 4. The van der Waals surface area contributed by atoms with E-state index in [1.54, 1.807) is 16.9 Å². The molecule has 0 radical (unpaired) electrons. The van der Waals surface area contributed by atoms with Gasteiger partial charge in [0.05, 0.1) is 6.20 Å². The molecule has 7 nitrogen and oxygen atoms in total. The number of fused-ring (bicyclic) bond motifs is 2. The molecule has 2 N–H and O–H groups in total. The molecule has 7 heteroatoms. The van der Waals surface area contributed by atoms with E-state index >= 15 is 0 Å². The van der Waals surface area contributed by atoms with Gasteiger partial charge in [0.1, 0.15) is 11.5 Å². The smallest absolute Gasteiger partial charge is 0.162 e. The lowest BCUT2D eigenvalue weighted by molar-refractivity contribution is 0.939. The largest absolute Gasteiger partial charge is 0.366 e. The van der Waals surface area contributed by atoms with Gasteiger partial charge in [-0.1, -0.05) is 6.07 Å². The van der Waals surface area contributed by atoms with Gasteiger partial charge in [-0.2, -0.15) is 5.10 Å². The van der Waals surface area contributed by atoms with E-state index in [2.05, 4.69) is 30.4 Å². The highest BCUT2D eigenvalue weighted by Crippen LogP contribution is 2.31. The minimum absolute atomic E-state index is 0.652. The second kappa shape index (κ2) is 5.96. The fraction of sp³-hybridized carbons (Fsp3) is 0.0526. The van der Waals surface area contributed by atoms with E-state index < -0.39 is 0 Å². The Kier molecular flexibility index (Phi) is 3.35. The summed E-state index contributed by atoms with van der Waals surface area (Å²) in [4.78, 5) is 16.5. The van der Waals surface area contributed by atoms with Crippen molar-refractivity contribution in [1.82, 2.24) is 29.5 Å². The van der Waals surface area contributed by atoms with Crippen LogP contribution in [0.2, 0.25) is 0 Å². The molecule has 0 spiro atoms. The lowest BCUT2D eigenvalue weighted by Gasteiger charge is -2.09. The third-order valence-corrected chi connectivity index (χ3v) is 4.29. The Morgan fingerprint density at radius 2 is 2.08 bits per heavy atom. The molecule has 126 valence electrons. The van der Waals surface area contributed by atoms with Crippen molar-refractivity contribution in [1.29, 1.82) is 0 Å². The molecular weight excluding hydrogens is 326 g/mol. The summed E-state index contributed by atoms with van der Waals surface area (Å²) in [5, 5.41) is 8.82. The van der Waals surface area contributed by atoms with Gasteiger partial charge in [0.25, 0.3) is 0 Å². The third kappa shape index (κ3) is 2.46. The fourth-order valence-corrected chi connectivity index (χ4v) is 3.06. The Labute approximate surface area is 148 Å². The number of nitrogens with zero attached hydrogens (tertiary/aromatic N) is 5. The van der Waals surface area contributed by atoms with Gasteiger partial charge in [-0.25, -0.2) is 14.5 Å². The molecular formula is C19H15N7. The van der Waals surface area contributed by atoms with Crippen molar-refractivity contribution >= 4 is 22.5 Å². The molecule has 0 amide bonds. The molecule has 0 saturated heterocycles. The summed E-state index contributed by atoms with van der Waals surface area (Å²) in [6, 6.07) is 9.88. The van der Waals surface area contributed by atoms with Gasteiger partial charge in [0.15, 0.2) is 5.65 Å². The Hall–Kier alpha value is -3.74. The number of hydrogen-bond acceptors (Lipinski definition) is 5. The van der Waals surface area contributed by atoms with Crippen LogP contribution in [0.15, 0.2) is 67.5 Å². The first-order chi connectivity index (χ1) is 12.9. The van der Waals surface area contributed by atoms with Crippen molar-refractivity contribution in [2.75, 3.05) is 5.32 Å². The number of nitrogens with one attached hydrogen (secondary N) is 2. The van der Waals surface area contributed by atoms with Gasteiger partial charge in [-0.15, -0.1) is 0 Å². The van der Waals surface area contributed by atoms with Crippen molar-refractivity contribution < 1.29 is 0 Å². The van der Waals surface area contributed by atoms with Crippen LogP contribution in [0.4, 0.5) is 5.82 Å². The Bertz CT molecular complexity index is 1190. The summed E-state index contributed by atoms with van der Waals surface area (Å²) >= 11 is 0. The van der Waals surface area contributed by atoms with Gasteiger partial charge >= 0.3 is 0 Å². The zero-order chi connectivity index (χ0) is 17.3. The first kappa shape index (κ1) is 14.6. The molecule has 0 fully saturated rings. The van der Waals surface area contributed by atoms with E-state index in [-0.39, 0.29) is 0 Å². The van der Waals surface area contributed by atoms with Crippen LogP contribution < -0.4 is 5.32 Å². The summed E-state index contributed by atoms with van der Waals surface area (Å²) in [5.74, 6) is 0.786. The molecule has 0 bridgehead atoms. The van der Waals surface area contributed by atoms with Crippen LogP contribution in [0.3, 0.4) is 0 Å². The van der Waals surface area contributed by atoms with Gasteiger partial charge < -0.3 is 10.3 Å². The summed E-state index contributed by atoms with van der Waals surface area (Å²) in [7, 11) is 0. The van der Waals surface area contributed by atoms with Crippen LogP contribution in [-0.2, 0) is 6.54 Å². The fourth-order valence-electron chi connectivity index (χ4n) is 3.06. The summed E-state index contributed by atoms with van der Waals surface area (Å²) < 4.78 is 1.77. The molecule has 0 aliphatic carbocycles. The number of aromatic nitrogens is 6. The number of aromatic amines is 1. The van der Waals surface area contributed by atoms with Crippen LogP contribution in [0, 0.1) is 0 Å². The van der Waals surface area contributed by atoms with E-state index in [4.69, 9.17) is 0 Å². The summed E-state index contributed by atoms with van der Waals surface area (Å²) in [6.45, 7) is 0.652. The van der Waals surface area contributed by atoms with E-state index in [9.17, 15) is 0 Å². The molecule has 0 aliphatic rings. The third-order valence-electron chi connectivity index (χ3n) is 4.29. The van der Waals surface area contributed by atoms with Crippen molar-refractivity contribution in [3.05, 3.63) is 73.1 Å². The average molecular weight is 341 g/mol. The predicted octanol–water partition coefficient (Wildman–Crippen LogP) is 3.28. The van der Waals surface area contributed by atoms with Gasteiger partial charge in [0.2, 0.25) is 0 Å². The van der Waals surface area contributed by atoms with E-state index in [1.807, 2.05) is 55.1 Å². The maximum Gasteiger partial charge on any atom is 0.162 e. The van der Waals surface area contributed by atoms with Crippen LogP contribution in [-0.4, -0.2) is 29.5 Å². The molecule has 0 aliphatic heterocycles. The van der Waals surface area contributed by atoms with E-state index in [0.29, 0.717) is 6.54 Å². The molecule has 0 atom stereocenters. The Morgan fingerprint density at radius 3 is 3.00 bits per heavy atom. The van der Waals surface area contributed by atoms with Crippen molar-refractivity contribution in [2.24, 2.45) is 0 Å². The zero-order valence-corrected chi connectivity index (χ0v) is 13.8. The topological polar surface area (TPSA) is 83.8 Å².